The van der Waals surface area contributed by atoms with Gasteiger partial charge in [0.15, 0.2) is 0 Å². The molecule has 0 atom stereocenters. The van der Waals surface area contributed by atoms with E-state index in [1.54, 1.807) is 0 Å². The minimum Gasteiger partial charge on any atom is -0.437 e. The van der Waals surface area contributed by atoms with E-state index in [1.165, 1.54) is 39.8 Å². The van der Waals surface area contributed by atoms with Gasteiger partial charge in [0.25, 0.3) is 0 Å². The lowest BCUT2D eigenvalue weighted by Crippen LogP contribution is -2.22. The summed E-state index contributed by atoms with van der Waals surface area (Å²) in [5.41, 5.74) is 6.29. The summed E-state index contributed by atoms with van der Waals surface area (Å²) in [6.07, 6.45) is 5.76. The van der Waals surface area contributed by atoms with Crippen molar-refractivity contribution in [2.45, 2.75) is 45.4 Å². The summed E-state index contributed by atoms with van der Waals surface area (Å²) in [6.45, 7) is 6.75. The molecular weight excluding hydrogens is 376 g/mol. The third-order valence-electron chi connectivity index (χ3n) is 6.31. The number of benzene rings is 1. The molecule has 1 aromatic carbocycles. The molecule has 1 aliphatic carbocycles. The highest BCUT2D eigenvalue weighted by molar-refractivity contribution is 7.19. The van der Waals surface area contributed by atoms with E-state index in [2.05, 4.69) is 49.2 Å². The van der Waals surface area contributed by atoms with E-state index in [9.17, 15) is 0 Å². The lowest BCUT2D eigenvalue weighted by atomic mass is 9.74. The molecule has 3 nitrogen and oxygen atoms in total. The molecule has 0 radical (unpaired) electrons. The van der Waals surface area contributed by atoms with E-state index in [0.717, 1.165) is 33.3 Å². The minimum absolute atomic E-state index is 0.220. The molecule has 1 aliphatic rings. The van der Waals surface area contributed by atoms with E-state index >= 15 is 0 Å². The summed E-state index contributed by atoms with van der Waals surface area (Å²) >= 11 is 1.92. The molecule has 5 aromatic rings. The predicted octanol–water partition coefficient (Wildman–Crippen LogP) is 7.18. The largest absolute Gasteiger partial charge is 0.437 e. The zero-order chi connectivity index (χ0) is 19.8. The fourth-order valence-electron chi connectivity index (χ4n) is 4.91. The molecule has 144 valence electrons. The van der Waals surface area contributed by atoms with Gasteiger partial charge in [-0.3, -0.25) is 4.98 Å². The van der Waals surface area contributed by atoms with Gasteiger partial charge in [-0.05, 0) is 61.4 Å². The smallest absolute Gasteiger partial charge is 0.227 e. The Kier molecular flexibility index (Phi) is 3.49. The van der Waals surface area contributed by atoms with Gasteiger partial charge in [-0.15, -0.1) is 11.3 Å². The number of aryl methyl sites for hydroxylation is 2. The number of hydrogen-bond acceptors (Lipinski definition) is 4. The molecule has 4 heteroatoms. The average molecular weight is 399 g/mol. The molecule has 0 spiro atoms. The van der Waals surface area contributed by atoms with Crippen molar-refractivity contribution in [2.75, 3.05) is 0 Å². The van der Waals surface area contributed by atoms with Crippen LogP contribution in [0.2, 0.25) is 0 Å². The van der Waals surface area contributed by atoms with Gasteiger partial charge in [0, 0.05) is 38.5 Å². The van der Waals surface area contributed by atoms with Gasteiger partial charge in [-0.2, -0.15) is 0 Å². The average Bonchev–Trinajstić information content (AvgIpc) is 3.25. The maximum Gasteiger partial charge on any atom is 0.227 e. The molecule has 4 aromatic heterocycles. The number of furan rings is 1. The summed E-state index contributed by atoms with van der Waals surface area (Å²) in [5.74, 6) is 0. The van der Waals surface area contributed by atoms with Crippen molar-refractivity contribution in [2.24, 2.45) is 0 Å². The predicted molar refractivity (Wildman–Crippen MR) is 121 cm³/mol. The van der Waals surface area contributed by atoms with Gasteiger partial charge >= 0.3 is 0 Å². The number of nitrogens with zero attached hydrogens (tertiary/aromatic N) is 2. The molecule has 0 N–H and O–H groups in total. The van der Waals surface area contributed by atoms with Crippen LogP contribution in [0.1, 0.15) is 42.8 Å². The summed E-state index contributed by atoms with van der Waals surface area (Å²) < 4.78 is 7.51. The third kappa shape index (κ3) is 2.48. The first-order valence-electron chi connectivity index (χ1n) is 10.2. The molecule has 0 fully saturated rings. The van der Waals surface area contributed by atoms with Gasteiger partial charge in [0.1, 0.15) is 5.58 Å². The Hall–Kier alpha value is -2.72. The van der Waals surface area contributed by atoms with Crippen molar-refractivity contribution >= 4 is 43.5 Å². The van der Waals surface area contributed by atoms with Crippen LogP contribution < -0.4 is 0 Å². The second-order valence-corrected chi connectivity index (χ2v) is 9.93. The third-order valence-corrected chi connectivity index (χ3v) is 7.51. The lowest BCUT2D eigenvalue weighted by Gasteiger charge is -2.30. The molecule has 6 rings (SSSR count). The Morgan fingerprint density at radius 3 is 2.86 bits per heavy atom. The highest BCUT2D eigenvalue weighted by Gasteiger charge is 2.31. The zero-order valence-electron chi connectivity index (χ0n) is 16.9. The Balaban J connectivity index is 1.62. The molecule has 0 saturated heterocycles. The van der Waals surface area contributed by atoms with Crippen LogP contribution in [0.4, 0.5) is 0 Å². The number of thiophene rings is 1. The van der Waals surface area contributed by atoms with Gasteiger partial charge in [0.2, 0.25) is 5.71 Å². The van der Waals surface area contributed by atoms with E-state index < -0.39 is 0 Å². The van der Waals surface area contributed by atoms with Gasteiger partial charge in [0.05, 0.1) is 10.4 Å². The number of aromatic nitrogens is 2. The molecule has 4 heterocycles. The van der Waals surface area contributed by atoms with Gasteiger partial charge < -0.3 is 4.42 Å². The van der Waals surface area contributed by atoms with Crippen molar-refractivity contribution in [3.05, 3.63) is 58.7 Å². The van der Waals surface area contributed by atoms with Crippen LogP contribution in [0.3, 0.4) is 0 Å². The second kappa shape index (κ2) is 5.90. The highest BCUT2D eigenvalue weighted by atomic mass is 32.1. The Labute approximate surface area is 173 Å². The highest BCUT2D eigenvalue weighted by Crippen LogP contribution is 2.46. The Bertz CT molecular complexity index is 1420. The zero-order valence-corrected chi connectivity index (χ0v) is 17.7. The normalized spacial score (nSPS) is 16.0. The van der Waals surface area contributed by atoms with Crippen LogP contribution in [0.5, 0.6) is 0 Å². The first kappa shape index (κ1) is 17.2. The molecule has 0 bridgehead atoms. The Morgan fingerprint density at radius 2 is 1.97 bits per heavy atom. The molecule has 0 unspecified atom stereocenters. The number of para-hydroxylation sites is 1. The van der Waals surface area contributed by atoms with Crippen molar-refractivity contribution in [1.29, 1.82) is 0 Å². The number of pyridine rings is 2. The molecule has 0 amide bonds. The SMILES string of the molecule is Cc1ccc2c(n1)oc1c(-c3cc4c5c(sc4cn3)CCCC5(C)C)cccc12. The standard InChI is InChI=1S/C25H22N2OS/c1-14-9-10-16-15-6-4-7-17(23(15)28-24(16)27-14)19-12-18-21(13-26-19)29-20-8-5-11-25(2,3)22(18)20/h4,6-7,9-10,12-13H,5,8,11H2,1-3H3. The summed E-state index contributed by atoms with van der Waals surface area (Å²) in [6, 6.07) is 12.7. The maximum absolute atomic E-state index is 6.22. The maximum atomic E-state index is 6.22. The van der Waals surface area contributed by atoms with Crippen LogP contribution in [0.25, 0.3) is 43.4 Å². The molecular formula is C25H22N2OS. The first-order chi connectivity index (χ1) is 14.0. The molecule has 0 aliphatic heterocycles. The topological polar surface area (TPSA) is 38.9 Å². The fourth-order valence-corrected chi connectivity index (χ4v) is 6.28. The van der Waals surface area contributed by atoms with E-state index in [1.807, 2.05) is 30.5 Å². The van der Waals surface area contributed by atoms with Crippen molar-refractivity contribution in [1.82, 2.24) is 9.97 Å². The summed E-state index contributed by atoms with van der Waals surface area (Å²) in [4.78, 5) is 11.0. The van der Waals surface area contributed by atoms with Crippen LogP contribution in [0, 0.1) is 6.92 Å². The fraction of sp³-hybridized carbons (Fsp3) is 0.280. The molecule has 29 heavy (non-hydrogen) atoms. The van der Waals surface area contributed by atoms with E-state index in [4.69, 9.17) is 9.40 Å². The number of rotatable bonds is 1. The quantitative estimate of drug-likeness (QED) is 0.300. The Morgan fingerprint density at radius 1 is 1.07 bits per heavy atom. The van der Waals surface area contributed by atoms with Crippen LogP contribution >= 0.6 is 11.3 Å². The summed E-state index contributed by atoms with van der Waals surface area (Å²) in [5, 5.41) is 3.52. The van der Waals surface area contributed by atoms with Crippen molar-refractivity contribution in [3.8, 4) is 11.3 Å². The lowest BCUT2D eigenvalue weighted by molar-refractivity contribution is 0.440. The monoisotopic (exact) mass is 398 g/mol. The van der Waals surface area contributed by atoms with Crippen LogP contribution in [-0.4, -0.2) is 9.97 Å². The van der Waals surface area contributed by atoms with Crippen LogP contribution in [-0.2, 0) is 11.8 Å². The van der Waals surface area contributed by atoms with E-state index in [0.29, 0.717) is 5.71 Å². The van der Waals surface area contributed by atoms with E-state index in [-0.39, 0.29) is 5.41 Å². The summed E-state index contributed by atoms with van der Waals surface area (Å²) in [7, 11) is 0. The van der Waals surface area contributed by atoms with Gasteiger partial charge in [-0.25, -0.2) is 4.98 Å². The van der Waals surface area contributed by atoms with Gasteiger partial charge in [-0.1, -0.05) is 26.0 Å². The van der Waals surface area contributed by atoms with Crippen molar-refractivity contribution in [3.63, 3.8) is 0 Å². The van der Waals surface area contributed by atoms with Crippen molar-refractivity contribution < 1.29 is 4.42 Å². The number of fused-ring (bicyclic) bond motifs is 6. The van der Waals surface area contributed by atoms with Crippen LogP contribution in [0.15, 0.2) is 47.0 Å². The molecule has 0 saturated carbocycles. The second-order valence-electron chi connectivity index (χ2n) is 8.79. The first-order valence-corrected chi connectivity index (χ1v) is 11.0. The minimum atomic E-state index is 0.220. The number of hydrogen-bond donors (Lipinski definition) is 0.